The molecule has 0 aromatic heterocycles. The molecule has 142 valence electrons. The first-order valence-electron chi connectivity index (χ1n) is 10.1. The average molecular weight is 340 g/mol. The zero-order chi connectivity index (χ0) is 17.9. The number of rotatable bonds is 16. The van der Waals surface area contributed by atoms with Gasteiger partial charge >= 0.3 is 0 Å². The minimum absolute atomic E-state index is 0.225. The van der Waals surface area contributed by atoms with Crippen molar-refractivity contribution in [1.29, 1.82) is 0 Å². The predicted octanol–water partition coefficient (Wildman–Crippen LogP) is 4.54. The van der Waals surface area contributed by atoms with E-state index >= 15 is 0 Å². The molecule has 0 aliphatic heterocycles. The number of hydrogen-bond donors (Lipinski definition) is 3. The summed E-state index contributed by atoms with van der Waals surface area (Å²) in [6.45, 7) is 1.82. The van der Waals surface area contributed by atoms with Gasteiger partial charge in [-0.25, -0.2) is 0 Å². The van der Waals surface area contributed by atoms with E-state index in [1.54, 1.807) is 0 Å². The van der Waals surface area contributed by atoms with Crippen LogP contribution in [0.2, 0.25) is 0 Å². The minimum atomic E-state index is -0.941. The van der Waals surface area contributed by atoms with Crippen molar-refractivity contribution >= 4 is 0 Å². The summed E-state index contributed by atoms with van der Waals surface area (Å²) >= 11 is 0. The molecule has 0 atom stereocenters. The normalized spacial score (nSPS) is 11.3. The molecule has 3 nitrogen and oxygen atoms in total. The van der Waals surface area contributed by atoms with Crippen molar-refractivity contribution < 1.29 is 10.2 Å². The van der Waals surface area contributed by atoms with Crippen molar-refractivity contribution in [3.05, 3.63) is 0 Å². The maximum atomic E-state index is 9.06. The van der Waals surface area contributed by atoms with Crippen LogP contribution in [0.1, 0.15) is 103 Å². The lowest BCUT2D eigenvalue weighted by Crippen LogP contribution is -2.46. The number of hydrogen-bond acceptors (Lipinski definition) is 3. The summed E-state index contributed by atoms with van der Waals surface area (Å²) in [5.41, 5.74) is 4.81. The molecular formula is C21H41NO2. The van der Waals surface area contributed by atoms with E-state index in [1.165, 1.54) is 77.0 Å². The van der Waals surface area contributed by atoms with Crippen LogP contribution in [0.15, 0.2) is 0 Å². The fourth-order valence-corrected chi connectivity index (χ4v) is 2.72. The van der Waals surface area contributed by atoms with Crippen LogP contribution in [0.5, 0.6) is 0 Å². The van der Waals surface area contributed by atoms with E-state index in [0.29, 0.717) is 6.42 Å². The smallest absolute Gasteiger partial charge is 0.0733 e. The van der Waals surface area contributed by atoms with Crippen LogP contribution in [0.4, 0.5) is 0 Å². The third-order valence-corrected chi connectivity index (χ3v) is 4.60. The molecular weight excluding hydrogens is 298 g/mol. The van der Waals surface area contributed by atoms with Gasteiger partial charge in [-0.15, -0.1) is 11.8 Å². The SMILES string of the molecule is CCCCCCCCCCCCCCCC#CCC(N)(CO)CO. The van der Waals surface area contributed by atoms with Gasteiger partial charge in [-0.3, -0.25) is 0 Å². The first-order chi connectivity index (χ1) is 11.7. The summed E-state index contributed by atoms with van der Waals surface area (Å²) in [6, 6.07) is 0. The quantitative estimate of drug-likeness (QED) is 0.286. The fourth-order valence-electron chi connectivity index (χ4n) is 2.72. The number of nitrogens with two attached hydrogens (primary N) is 1. The highest BCUT2D eigenvalue weighted by atomic mass is 16.3. The molecule has 0 fully saturated rings. The largest absolute Gasteiger partial charge is 0.394 e. The van der Waals surface area contributed by atoms with Gasteiger partial charge in [0.05, 0.1) is 18.8 Å². The Morgan fingerprint density at radius 3 is 1.50 bits per heavy atom. The molecule has 0 saturated carbocycles. The Kier molecular flexibility index (Phi) is 16.9. The molecule has 0 unspecified atom stereocenters. The van der Waals surface area contributed by atoms with Crippen molar-refractivity contribution in [2.24, 2.45) is 5.73 Å². The van der Waals surface area contributed by atoms with Crippen LogP contribution < -0.4 is 5.73 Å². The van der Waals surface area contributed by atoms with E-state index in [2.05, 4.69) is 18.8 Å². The van der Waals surface area contributed by atoms with E-state index in [9.17, 15) is 0 Å². The molecule has 4 N–H and O–H groups in total. The summed E-state index contributed by atoms with van der Waals surface area (Å²) in [6.07, 6.45) is 18.9. The topological polar surface area (TPSA) is 66.5 Å². The van der Waals surface area contributed by atoms with Gasteiger partial charge in [0.1, 0.15) is 0 Å². The van der Waals surface area contributed by atoms with E-state index in [-0.39, 0.29) is 13.2 Å². The van der Waals surface area contributed by atoms with Crippen LogP contribution >= 0.6 is 0 Å². The van der Waals surface area contributed by atoms with Crippen molar-refractivity contribution in [2.45, 2.75) is 109 Å². The lowest BCUT2D eigenvalue weighted by atomic mass is 9.99. The standard InChI is InChI=1S/C21H41NO2/c1-2-3-4-5-6-7-8-9-10-11-12-13-14-15-16-17-18-21(22,19-23)20-24/h23-24H,2-15,18-20,22H2,1H3. The summed E-state index contributed by atoms with van der Waals surface area (Å²) in [4.78, 5) is 0. The second kappa shape index (κ2) is 17.3. The monoisotopic (exact) mass is 339 g/mol. The fraction of sp³-hybridized carbons (Fsp3) is 0.905. The molecule has 3 heteroatoms. The second-order valence-corrected chi connectivity index (χ2v) is 7.20. The number of aliphatic hydroxyl groups is 2. The molecule has 24 heavy (non-hydrogen) atoms. The van der Waals surface area contributed by atoms with Gasteiger partial charge in [-0.05, 0) is 6.42 Å². The lowest BCUT2D eigenvalue weighted by Gasteiger charge is -2.21. The Bertz CT molecular complexity index is 316. The first kappa shape index (κ1) is 23.4. The zero-order valence-electron chi connectivity index (χ0n) is 16.0. The van der Waals surface area contributed by atoms with Gasteiger partial charge in [-0.2, -0.15) is 0 Å². The highest BCUT2D eigenvalue weighted by molar-refractivity contribution is 5.05. The van der Waals surface area contributed by atoms with Gasteiger partial charge in [0.2, 0.25) is 0 Å². The lowest BCUT2D eigenvalue weighted by molar-refractivity contribution is 0.124. The molecule has 0 radical (unpaired) electrons. The summed E-state index contributed by atoms with van der Waals surface area (Å²) < 4.78 is 0. The maximum Gasteiger partial charge on any atom is 0.0733 e. The van der Waals surface area contributed by atoms with E-state index in [0.717, 1.165) is 12.8 Å². The minimum Gasteiger partial charge on any atom is -0.394 e. The van der Waals surface area contributed by atoms with Crippen LogP contribution in [0.3, 0.4) is 0 Å². The van der Waals surface area contributed by atoms with Crippen molar-refractivity contribution in [2.75, 3.05) is 13.2 Å². The molecule has 0 aliphatic rings. The molecule has 0 amide bonds. The van der Waals surface area contributed by atoms with Crippen LogP contribution in [-0.2, 0) is 0 Å². The number of unbranched alkanes of at least 4 members (excludes halogenated alkanes) is 13. The molecule has 0 aromatic carbocycles. The Morgan fingerprint density at radius 1 is 0.667 bits per heavy atom. The maximum absolute atomic E-state index is 9.06. The van der Waals surface area contributed by atoms with Gasteiger partial charge < -0.3 is 15.9 Å². The summed E-state index contributed by atoms with van der Waals surface area (Å²) in [5, 5.41) is 18.1. The second-order valence-electron chi connectivity index (χ2n) is 7.20. The molecule has 0 heterocycles. The van der Waals surface area contributed by atoms with Gasteiger partial charge in [0.25, 0.3) is 0 Å². The van der Waals surface area contributed by atoms with Crippen molar-refractivity contribution in [1.82, 2.24) is 0 Å². The Labute approximate surface area is 150 Å². The number of aliphatic hydroxyl groups excluding tert-OH is 2. The van der Waals surface area contributed by atoms with Gasteiger partial charge in [0, 0.05) is 12.8 Å². The van der Waals surface area contributed by atoms with Crippen molar-refractivity contribution in [3.8, 4) is 11.8 Å². The molecule has 0 aliphatic carbocycles. The molecule has 0 aromatic rings. The van der Waals surface area contributed by atoms with Crippen LogP contribution in [-0.4, -0.2) is 29.0 Å². The molecule has 0 rings (SSSR count). The van der Waals surface area contributed by atoms with E-state index in [4.69, 9.17) is 15.9 Å². The third-order valence-electron chi connectivity index (χ3n) is 4.60. The van der Waals surface area contributed by atoms with Gasteiger partial charge in [-0.1, -0.05) is 84.0 Å². The van der Waals surface area contributed by atoms with Crippen LogP contribution in [0.25, 0.3) is 0 Å². The Morgan fingerprint density at radius 2 is 1.08 bits per heavy atom. The average Bonchev–Trinajstić information content (AvgIpc) is 2.61. The van der Waals surface area contributed by atoms with E-state index < -0.39 is 5.54 Å². The molecule has 0 bridgehead atoms. The highest BCUT2D eigenvalue weighted by Gasteiger charge is 2.21. The summed E-state index contributed by atoms with van der Waals surface area (Å²) in [5.74, 6) is 6.07. The third kappa shape index (κ3) is 15.0. The van der Waals surface area contributed by atoms with Gasteiger partial charge in [0.15, 0.2) is 0 Å². The van der Waals surface area contributed by atoms with Crippen molar-refractivity contribution in [3.63, 3.8) is 0 Å². The molecule has 0 spiro atoms. The summed E-state index contributed by atoms with van der Waals surface area (Å²) in [7, 11) is 0. The Balaban J connectivity index is 3.26. The predicted molar refractivity (Wildman–Crippen MR) is 104 cm³/mol. The van der Waals surface area contributed by atoms with Crippen LogP contribution in [0, 0.1) is 11.8 Å². The Hall–Kier alpha value is -0.560. The molecule has 0 saturated heterocycles. The zero-order valence-corrected chi connectivity index (χ0v) is 16.0. The first-order valence-corrected chi connectivity index (χ1v) is 10.1. The van der Waals surface area contributed by atoms with E-state index in [1.807, 2.05) is 0 Å². The highest BCUT2D eigenvalue weighted by Crippen LogP contribution is 2.12.